The molecule has 1 fully saturated rings. The lowest BCUT2D eigenvalue weighted by molar-refractivity contribution is -0.141. The Morgan fingerprint density at radius 2 is 1.84 bits per heavy atom. The number of hydrogen-bond donors (Lipinski definition) is 1. The molecule has 0 amide bonds. The van der Waals surface area contributed by atoms with Crippen molar-refractivity contribution < 1.29 is 13.2 Å². The summed E-state index contributed by atoms with van der Waals surface area (Å²) in [6.07, 6.45) is -2.86. The van der Waals surface area contributed by atoms with Crippen LogP contribution in [0.25, 0.3) is 0 Å². The van der Waals surface area contributed by atoms with E-state index in [2.05, 4.69) is 33.0 Å². The first kappa shape index (κ1) is 16.8. The summed E-state index contributed by atoms with van der Waals surface area (Å²) >= 11 is 0. The summed E-state index contributed by atoms with van der Waals surface area (Å²) in [7, 11) is 0. The van der Waals surface area contributed by atoms with Crippen LogP contribution in [0.5, 0.6) is 0 Å². The molecule has 114 valence electrons. The molecule has 0 aliphatic carbocycles. The third kappa shape index (κ3) is 4.63. The highest BCUT2D eigenvalue weighted by molar-refractivity contribution is 4.97. The summed E-state index contributed by atoms with van der Waals surface area (Å²) in [6, 6.07) is 0.202. The zero-order chi connectivity index (χ0) is 14.7. The van der Waals surface area contributed by atoms with Gasteiger partial charge in [-0.3, -0.25) is 4.90 Å². The molecule has 0 aromatic heterocycles. The fourth-order valence-corrected chi connectivity index (χ4v) is 2.91. The lowest BCUT2D eigenvalue weighted by Gasteiger charge is -2.49. The Hall–Kier alpha value is -0.290. The molecule has 0 radical (unpaired) electrons. The molecule has 1 aliphatic heterocycles. The van der Waals surface area contributed by atoms with Gasteiger partial charge in [0.1, 0.15) is 0 Å². The van der Waals surface area contributed by atoms with E-state index in [1.165, 1.54) is 0 Å². The fraction of sp³-hybridized carbons (Fsp3) is 1.00. The first-order valence-corrected chi connectivity index (χ1v) is 7.29. The molecule has 19 heavy (non-hydrogen) atoms. The predicted molar refractivity (Wildman–Crippen MR) is 72.2 cm³/mol. The maximum atomic E-state index is 12.5. The first-order valence-electron chi connectivity index (χ1n) is 7.29. The van der Waals surface area contributed by atoms with E-state index in [-0.39, 0.29) is 18.1 Å². The summed E-state index contributed by atoms with van der Waals surface area (Å²) in [4.78, 5) is 2.04. The Morgan fingerprint density at radius 3 is 2.26 bits per heavy atom. The van der Waals surface area contributed by atoms with Crippen molar-refractivity contribution in [1.29, 1.82) is 0 Å². The van der Waals surface area contributed by atoms with Gasteiger partial charge in [-0.05, 0) is 18.8 Å². The number of halogens is 3. The monoisotopic (exact) mass is 280 g/mol. The summed E-state index contributed by atoms with van der Waals surface area (Å²) in [5, 5.41) is 3.57. The van der Waals surface area contributed by atoms with Crippen LogP contribution in [-0.2, 0) is 0 Å². The van der Waals surface area contributed by atoms with Crippen LogP contribution in [0.15, 0.2) is 0 Å². The van der Waals surface area contributed by atoms with E-state index in [1.54, 1.807) is 0 Å². The van der Waals surface area contributed by atoms with E-state index in [0.717, 1.165) is 25.9 Å². The lowest BCUT2D eigenvalue weighted by atomic mass is 9.86. The van der Waals surface area contributed by atoms with Crippen molar-refractivity contribution >= 4 is 0 Å². The van der Waals surface area contributed by atoms with Crippen LogP contribution < -0.4 is 5.32 Å². The van der Waals surface area contributed by atoms with E-state index >= 15 is 0 Å². The molecule has 1 heterocycles. The molecular weight excluding hydrogens is 253 g/mol. The lowest BCUT2D eigenvalue weighted by Crippen LogP contribution is -2.65. The van der Waals surface area contributed by atoms with Crippen LogP contribution in [0.2, 0.25) is 0 Å². The summed E-state index contributed by atoms with van der Waals surface area (Å²) < 4.78 is 37.4. The van der Waals surface area contributed by atoms with Crippen molar-refractivity contribution in [3.8, 4) is 0 Å². The molecule has 5 heteroatoms. The van der Waals surface area contributed by atoms with Crippen LogP contribution in [0.4, 0.5) is 13.2 Å². The molecule has 0 aromatic carbocycles. The zero-order valence-electron chi connectivity index (χ0n) is 12.5. The highest BCUT2D eigenvalue weighted by Gasteiger charge is 2.39. The number of piperazine rings is 1. The minimum Gasteiger partial charge on any atom is -0.308 e. The van der Waals surface area contributed by atoms with Gasteiger partial charge < -0.3 is 5.32 Å². The standard InChI is InChI=1S/C14H27F3N2/c1-5-13(6-2)10-19(8-7-14(15,16)17)12(9-18-13)11(3)4/h11-12,18H,5-10H2,1-4H3. The van der Waals surface area contributed by atoms with Gasteiger partial charge in [0.25, 0.3) is 0 Å². The van der Waals surface area contributed by atoms with Crippen LogP contribution in [0, 0.1) is 5.92 Å². The second kappa shape index (κ2) is 6.44. The highest BCUT2D eigenvalue weighted by Crippen LogP contribution is 2.28. The second-order valence-corrected chi connectivity index (χ2v) is 6.02. The molecular formula is C14H27F3N2. The van der Waals surface area contributed by atoms with Crippen molar-refractivity contribution in [3.05, 3.63) is 0 Å². The zero-order valence-corrected chi connectivity index (χ0v) is 12.5. The van der Waals surface area contributed by atoms with Crippen LogP contribution >= 0.6 is 0 Å². The number of rotatable bonds is 5. The summed E-state index contributed by atoms with van der Waals surface area (Å²) in [5.41, 5.74) is -0.0169. The van der Waals surface area contributed by atoms with Gasteiger partial charge in [-0.1, -0.05) is 27.7 Å². The van der Waals surface area contributed by atoms with Gasteiger partial charge >= 0.3 is 6.18 Å². The third-order valence-electron chi connectivity index (χ3n) is 4.47. The van der Waals surface area contributed by atoms with Crippen molar-refractivity contribution in [2.45, 2.75) is 64.7 Å². The molecule has 2 nitrogen and oxygen atoms in total. The second-order valence-electron chi connectivity index (χ2n) is 6.02. The molecule has 1 aliphatic rings. The summed E-state index contributed by atoms with van der Waals surface area (Å²) in [6.45, 7) is 10.0. The third-order valence-corrected chi connectivity index (χ3v) is 4.47. The average Bonchev–Trinajstić information content (AvgIpc) is 2.34. The van der Waals surface area contributed by atoms with Crippen molar-refractivity contribution in [3.63, 3.8) is 0 Å². The quantitative estimate of drug-likeness (QED) is 0.830. The van der Waals surface area contributed by atoms with Crippen LogP contribution in [0.1, 0.15) is 47.0 Å². The largest absolute Gasteiger partial charge is 0.390 e. The van der Waals surface area contributed by atoms with Crippen molar-refractivity contribution in [2.75, 3.05) is 19.6 Å². The molecule has 0 spiro atoms. The van der Waals surface area contributed by atoms with Gasteiger partial charge in [-0.25, -0.2) is 0 Å². The van der Waals surface area contributed by atoms with Crippen LogP contribution in [0.3, 0.4) is 0 Å². The molecule has 0 saturated carbocycles. The SMILES string of the molecule is CCC1(CC)CN(CCC(F)(F)F)C(C(C)C)CN1. The smallest absolute Gasteiger partial charge is 0.308 e. The number of nitrogens with zero attached hydrogens (tertiary/aromatic N) is 1. The molecule has 1 saturated heterocycles. The van der Waals surface area contributed by atoms with Crippen LogP contribution in [-0.4, -0.2) is 42.3 Å². The molecule has 1 unspecified atom stereocenters. The van der Waals surface area contributed by atoms with Gasteiger partial charge in [-0.15, -0.1) is 0 Å². The maximum Gasteiger partial charge on any atom is 0.390 e. The van der Waals surface area contributed by atoms with Crippen molar-refractivity contribution in [1.82, 2.24) is 10.2 Å². The van der Waals surface area contributed by atoms with E-state index in [0.29, 0.717) is 5.92 Å². The Kier molecular flexibility index (Phi) is 5.68. The van der Waals surface area contributed by atoms with Gasteiger partial charge in [0.05, 0.1) is 6.42 Å². The maximum absolute atomic E-state index is 12.5. The molecule has 1 atom stereocenters. The summed E-state index contributed by atoms with van der Waals surface area (Å²) in [5.74, 6) is 0.368. The van der Waals surface area contributed by atoms with E-state index in [1.807, 2.05) is 4.90 Å². The van der Waals surface area contributed by atoms with Gasteiger partial charge in [0.15, 0.2) is 0 Å². The minimum absolute atomic E-state index is 0.0169. The van der Waals surface area contributed by atoms with E-state index in [4.69, 9.17) is 0 Å². The van der Waals surface area contributed by atoms with Gasteiger partial charge in [-0.2, -0.15) is 13.2 Å². The molecule has 0 bridgehead atoms. The average molecular weight is 280 g/mol. The van der Waals surface area contributed by atoms with E-state index < -0.39 is 12.6 Å². The first-order chi connectivity index (χ1) is 8.73. The topological polar surface area (TPSA) is 15.3 Å². The normalized spacial score (nSPS) is 24.9. The Morgan fingerprint density at radius 1 is 1.26 bits per heavy atom. The minimum atomic E-state index is -4.06. The fourth-order valence-electron chi connectivity index (χ4n) is 2.91. The molecule has 1 rings (SSSR count). The Balaban J connectivity index is 2.73. The Labute approximate surface area is 114 Å². The van der Waals surface area contributed by atoms with Gasteiger partial charge in [0, 0.05) is 31.2 Å². The Bertz CT molecular complexity index is 272. The highest BCUT2D eigenvalue weighted by atomic mass is 19.4. The number of alkyl halides is 3. The predicted octanol–water partition coefficient (Wildman–Crippen LogP) is 3.43. The molecule has 1 N–H and O–H groups in total. The number of nitrogens with one attached hydrogen (secondary N) is 1. The molecule has 0 aromatic rings. The van der Waals surface area contributed by atoms with E-state index in [9.17, 15) is 13.2 Å². The van der Waals surface area contributed by atoms with Crippen molar-refractivity contribution in [2.24, 2.45) is 5.92 Å². The number of hydrogen-bond acceptors (Lipinski definition) is 2. The van der Waals surface area contributed by atoms with Gasteiger partial charge in [0.2, 0.25) is 0 Å².